The maximum Gasteiger partial charge on any atom is 0.269 e. The van der Waals surface area contributed by atoms with Gasteiger partial charge in [0.25, 0.3) is 5.91 Å². The van der Waals surface area contributed by atoms with E-state index in [1.807, 2.05) is 72.8 Å². The van der Waals surface area contributed by atoms with E-state index in [9.17, 15) is 9.59 Å². The van der Waals surface area contributed by atoms with Gasteiger partial charge in [-0.3, -0.25) is 9.59 Å². The topological polar surface area (TPSA) is 96.6 Å². The number of amides is 2. The van der Waals surface area contributed by atoms with Crippen molar-refractivity contribution in [2.75, 3.05) is 5.32 Å². The molecule has 0 fully saturated rings. The fourth-order valence-electron chi connectivity index (χ4n) is 3.22. The molecule has 3 aromatic carbocycles. The first-order valence-corrected chi connectivity index (χ1v) is 9.28. The molecule has 2 atom stereocenters. The van der Waals surface area contributed by atoms with Gasteiger partial charge in [0, 0.05) is 11.1 Å². The number of para-hydroxylation sites is 1. The van der Waals surface area contributed by atoms with Crippen molar-refractivity contribution in [3.63, 3.8) is 0 Å². The van der Waals surface area contributed by atoms with E-state index in [1.54, 1.807) is 12.1 Å². The Balaban J connectivity index is 1.68. The van der Waals surface area contributed by atoms with Crippen LogP contribution in [0.2, 0.25) is 0 Å². The monoisotopic (exact) mass is 384 g/mol. The largest absolute Gasteiger partial charge is 0.325 e. The third-order valence-electron chi connectivity index (χ3n) is 4.71. The molecule has 0 radical (unpaired) electrons. The Bertz CT molecular complexity index is 1060. The van der Waals surface area contributed by atoms with Crippen molar-refractivity contribution in [2.45, 2.75) is 12.2 Å². The van der Waals surface area contributed by atoms with Crippen LogP contribution < -0.4 is 16.4 Å². The van der Waals surface area contributed by atoms with Crippen molar-refractivity contribution < 1.29 is 9.59 Å². The molecule has 0 saturated carbocycles. The second kappa shape index (κ2) is 8.08. The van der Waals surface area contributed by atoms with E-state index >= 15 is 0 Å². The smallest absolute Gasteiger partial charge is 0.269 e. The highest BCUT2D eigenvalue weighted by Gasteiger charge is 2.28. The zero-order chi connectivity index (χ0) is 20.2. The number of benzodiazepines with no additional fused rings is 1. The quantitative estimate of drug-likeness (QED) is 0.645. The Morgan fingerprint density at radius 1 is 0.931 bits per heavy atom. The van der Waals surface area contributed by atoms with Gasteiger partial charge in [0.1, 0.15) is 6.04 Å². The molecule has 6 nitrogen and oxygen atoms in total. The lowest BCUT2D eigenvalue weighted by Gasteiger charge is -2.17. The van der Waals surface area contributed by atoms with Crippen LogP contribution in [-0.4, -0.2) is 23.7 Å². The van der Waals surface area contributed by atoms with Crippen LogP contribution in [0.15, 0.2) is 89.9 Å². The zero-order valence-corrected chi connectivity index (χ0v) is 15.6. The van der Waals surface area contributed by atoms with Crippen molar-refractivity contribution in [3.05, 3.63) is 102 Å². The molecule has 2 amide bonds. The number of rotatable bonds is 4. The summed E-state index contributed by atoms with van der Waals surface area (Å²) in [6.45, 7) is 0. The molecule has 3 aromatic rings. The molecule has 4 rings (SSSR count). The summed E-state index contributed by atoms with van der Waals surface area (Å²) in [6, 6.07) is 25.1. The molecule has 4 N–H and O–H groups in total. The first-order valence-electron chi connectivity index (χ1n) is 9.28. The van der Waals surface area contributed by atoms with Crippen LogP contribution in [0.25, 0.3) is 0 Å². The summed E-state index contributed by atoms with van der Waals surface area (Å²) in [5.74, 6) is -0.893. The number of hydrogen-bond acceptors (Lipinski definition) is 4. The number of anilines is 1. The number of hydrogen-bond donors (Lipinski definition) is 3. The fraction of sp³-hybridized carbons (Fsp3) is 0.0870. The van der Waals surface area contributed by atoms with Gasteiger partial charge in [0.15, 0.2) is 0 Å². The van der Waals surface area contributed by atoms with Gasteiger partial charge in [0.05, 0.1) is 11.4 Å². The summed E-state index contributed by atoms with van der Waals surface area (Å²) in [4.78, 5) is 30.1. The molecule has 1 aliphatic heterocycles. The van der Waals surface area contributed by atoms with Gasteiger partial charge in [-0.05, 0) is 11.6 Å². The molecular formula is C23H20N4O2. The second-order valence-electron chi connectivity index (χ2n) is 6.68. The minimum absolute atomic E-state index is 0.419. The van der Waals surface area contributed by atoms with Crippen LogP contribution >= 0.6 is 0 Å². The second-order valence-corrected chi connectivity index (χ2v) is 6.68. The van der Waals surface area contributed by atoms with Crippen LogP contribution in [0.1, 0.15) is 22.7 Å². The fourth-order valence-corrected chi connectivity index (χ4v) is 3.22. The van der Waals surface area contributed by atoms with E-state index in [2.05, 4.69) is 15.6 Å². The van der Waals surface area contributed by atoms with E-state index < -0.39 is 24.0 Å². The van der Waals surface area contributed by atoms with Gasteiger partial charge in [-0.25, -0.2) is 4.99 Å². The number of nitrogens with zero attached hydrogens (tertiary/aromatic N) is 1. The Hall–Kier alpha value is -3.77. The van der Waals surface area contributed by atoms with Crippen LogP contribution in [-0.2, 0) is 9.59 Å². The van der Waals surface area contributed by atoms with E-state index in [4.69, 9.17) is 5.73 Å². The van der Waals surface area contributed by atoms with Gasteiger partial charge in [-0.15, -0.1) is 0 Å². The molecule has 6 heteroatoms. The van der Waals surface area contributed by atoms with E-state index in [0.717, 1.165) is 11.1 Å². The number of fused-ring (bicyclic) bond motifs is 1. The average Bonchev–Trinajstić information content (AvgIpc) is 2.91. The maximum absolute atomic E-state index is 12.8. The molecule has 1 heterocycles. The van der Waals surface area contributed by atoms with Crippen LogP contribution in [0, 0.1) is 0 Å². The predicted molar refractivity (Wildman–Crippen MR) is 112 cm³/mol. The average molecular weight is 384 g/mol. The predicted octanol–water partition coefficient (Wildman–Crippen LogP) is 2.62. The number of carbonyl (C=O) groups excluding carboxylic acids is 2. The molecule has 0 aromatic heterocycles. The van der Waals surface area contributed by atoms with Gasteiger partial charge in [0.2, 0.25) is 12.1 Å². The molecule has 2 unspecified atom stereocenters. The lowest BCUT2D eigenvalue weighted by molar-refractivity contribution is -0.127. The number of carbonyl (C=O) groups is 2. The molecule has 0 saturated heterocycles. The van der Waals surface area contributed by atoms with Crippen molar-refractivity contribution in [1.29, 1.82) is 0 Å². The zero-order valence-electron chi connectivity index (χ0n) is 15.6. The third kappa shape index (κ3) is 3.93. The van der Waals surface area contributed by atoms with Gasteiger partial charge in [-0.2, -0.15) is 0 Å². The minimum atomic E-state index is -1.10. The lowest BCUT2D eigenvalue weighted by atomic mass is 10.0. The summed E-state index contributed by atoms with van der Waals surface area (Å²) in [6.07, 6.45) is -1.10. The first kappa shape index (κ1) is 18.6. The SMILES string of the molecule is NC(C(=O)NC1N=C(c2ccccc2)c2ccccc2NC1=O)c1ccccc1. The molecule has 29 heavy (non-hydrogen) atoms. The van der Waals surface area contributed by atoms with Crippen LogP contribution in [0.4, 0.5) is 5.69 Å². The highest BCUT2D eigenvalue weighted by Crippen LogP contribution is 2.24. The molecule has 144 valence electrons. The van der Waals surface area contributed by atoms with Gasteiger partial charge < -0.3 is 16.4 Å². The Labute approximate surface area is 168 Å². The van der Waals surface area contributed by atoms with Gasteiger partial charge in [-0.1, -0.05) is 78.9 Å². The summed E-state index contributed by atoms with van der Waals surface area (Å²) in [5.41, 5.74) is 9.64. The molecule has 0 bridgehead atoms. The lowest BCUT2D eigenvalue weighted by Crippen LogP contribution is -2.46. The summed E-state index contributed by atoms with van der Waals surface area (Å²) >= 11 is 0. The number of aliphatic imine (C=N–C) groups is 1. The minimum Gasteiger partial charge on any atom is -0.325 e. The molecule has 1 aliphatic rings. The third-order valence-corrected chi connectivity index (χ3v) is 4.71. The van der Waals surface area contributed by atoms with Crippen molar-refractivity contribution >= 4 is 23.2 Å². The van der Waals surface area contributed by atoms with Crippen molar-refractivity contribution in [2.24, 2.45) is 10.7 Å². The maximum atomic E-state index is 12.8. The Kier molecular flexibility index (Phi) is 5.18. The summed E-state index contributed by atoms with van der Waals surface area (Å²) < 4.78 is 0. The number of nitrogens with one attached hydrogen (secondary N) is 2. The van der Waals surface area contributed by atoms with Crippen LogP contribution in [0.5, 0.6) is 0 Å². The highest BCUT2D eigenvalue weighted by molar-refractivity contribution is 6.19. The highest BCUT2D eigenvalue weighted by atomic mass is 16.2. The summed E-state index contributed by atoms with van der Waals surface area (Å²) in [7, 11) is 0. The standard InChI is InChI=1S/C23H20N4O2/c24-19(15-9-3-1-4-10-15)22(28)27-21-23(29)25-18-14-8-7-13-17(18)20(26-21)16-11-5-2-6-12-16/h1-14,19,21H,24H2,(H,25,29)(H,27,28). The molecular weight excluding hydrogens is 364 g/mol. The van der Waals surface area contributed by atoms with Crippen molar-refractivity contribution in [1.82, 2.24) is 5.32 Å². The first-order chi connectivity index (χ1) is 14.1. The summed E-state index contributed by atoms with van der Waals surface area (Å²) in [5, 5.41) is 5.53. The molecule has 0 aliphatic carbocycles. The van der Waals surface area contributed by atoms with E-state index in [0.29, 0.717) is 17.0 Å². The Morgan fingerprint density at radius 2 is 1.55 bits per heavy atom. The van der Waals surface area contributed by atoms with Crippen LogP contribution in [0.3, 0.4) is 0 Å². The Morgan fingerprint density at radius 3 is 2.28 bits per heavy atom. The van der Waals surface area contributed by atoms with E-state index in [-0.39, 0.29) is 0 Å². The van der Waals surface area contributed by atoms with Crippen molar-refractivity contribution in [3.8, 4) is 0 Å². The normalized spacial score (nSPS) is 16.7. The van der Waals surface area contributed by atoms with E-state index in [1.165, 1.54) is 0 Å². The number of benzene rings is 3. The van der Waals surface area contributed by atoms with Gasteiger partial charge >= 0.3 is 0 Å². The molecule has 0 spiro atoms. The number of nitrogens with two attached hydrogens (primary N) is 1.